The van der Waals surface area contributed by atoms with Gasteiger partial charge in [0.05, 0.1) is 0 Å². The van der Waals surface area contributed by atoms with Gasteiger partial charge in [0.15, 0.2) is 16.6 Å². The predicted molar refractivity (Wildman–Crippen MR) is 94.4 cm³/mol. The van der Waals surface area contributed by atoms with Crippen molar-refractivity contribution >= 4 is 62.4 Å². The first-order chi connectivity index (χ1) is 6.41. The summed E-state index contributed by atoms with van der Waals surface area (Å²) in [6, 6.07) is 0. The summed E-state index contributed by atoms with van der Waals surface area (Å²) in [5.74, 6) is 0. The zero-order chi connectivity index (χ0) is 12.9. The van der Waals surface area contributed by atoms with Crippen LogP contribution in [0.2, 0.25) is 52.4 Å². The molecule has 7 heteroatoms. The van der Waals surface area contributed by atoms with E-state index in [-0.39, 0.29) is 0 Å². The van der Waals surface area contributed by atoms with Crippen molar-refractivity contribution in [2.24, 2.45) is 0 Å². The highest BCUT2D eigenvalue weighted by atomic mass is 128. The third-order valence-corrected chi connectivity index (χ3v) is 9.94. The Labute approximate surface area is 122 Å². The van der Waals surface area contributed by atoms with Crippen molar-refractivity contribution in [2.75, 3.05) is 0 Å². The molecule has 0 aromatic heterocycles. The third kappa shape index (κ3) is 16.0. The average Bonchev–Trinajstić information content (AvgIpc) is 1.79. The van der Waals surface area contributed by atoms with E-state index in [0.717, 1.165) is 0 Å². The standard InChI is InChI=1S/C8H24O2Si3.I2/c1-11(2,3)9-13(7,8)10-12(4,5)6;1-2/h1-8H3;. The Kier molecular flexibility index (Phi) is 9.64. The largest absolute Gasteiger partial charge is 0.437 e. The van der Waals surface area contributed by atoms with E-state index in [1.807, 2.05) is 0 Å². The Bertz CT molecular complexity index is 158. The maximum atomic E-state index is 6.09. The van der Waals surface area contributed by atoms with E-state index in [1.54, 1.807) is 0 Å². The Morgan fingerprint density at radius 2 is 0.800 bits per heavy atom. The zero-order valence-electron chi connectivity index (χ0n) is 11.1. The van der Waals surface area contributed by atoms with E-state index >= 15 is 0 Å². The van der Waals surface area contributed by atoms with E-state index in [9.17, 15) is 0 Å². The van der Waals surface area contributed by atoms with Gasteiger partial charge in [0.2, 0.25) is 0 Å². The molecule has 2 nitrogen and oxygen atoms in total. The second-order valence-corrected chi connectivity index (χ2v) is 18.7. The second kappa shape index (κ2) is 7.46. The number of hydrogen-bond acceptors (Lipinski definition) is 2. The molecular weight excluding hydrogens is 466 g/mol. The van der Waals surface area contributed by atoms with Crippen LogP contribution in [0.5, 0.6) is 0 Å². The molecule has 0 unspecified atom stereocenters. The molecular formula is C8H24I2O2Si3. The van der Waals surface area contributed by atoms with Crippen LogP contribution in [-0.2, 0) is 8.23 Å². The van der Waals surface area contributed by atoms with Gasteiger partial charge in [-0.15, -0.1) is 0 Å². The number of hydrogen-bond donors (Lipinski definition) is 0. The molecule has 0 aliphatic carbocycles. The molecule has 0 aromatic carbocycles. The zero-order valence-corrected chi connectivity index (χ0v) is 18.4. The van der Waals surface area contributed by atoms with Gasteiger partial charge >= 0.3 is 8.56 Å². The van der Waals surface area contributed by atoms with Gasteiger partial charge in [-0.25, -0.2) is 0 Å². The first kappa shape index (κ1) is 19.4. The molecule has 0 atom stereocenters. The molecule has 0 amide bonds. The monoisotopic (exact) mass is 490 g/mol. The van der Waals surface area contributed by atoms with E-state index in [0.29, 0.717) is 0 Å². The lowest BCUT2D eigenvalue weighted by Crippen LogP contribution is -2.50. The van der Waals surface area contributed by atoms with Crippen LogP contribution in [0.1, 0.15) is 0 Å². The van der Waals surface area contributed by atoms with Gasteiger partial charge in [-0.05, 0) is 52.4 Å². The van der Waals surface area contributed by atoms with Crippen LogP contribution in [0.15, 0.2) is 0 Å². The summed E-state index contributed by atoms with van der Waals surface area (Å²) < 4.78 is 12.2. The summed E-state index contributed by atoms with van der Waals surface area (Å²) in [5, 5.41) is 0. The molecule has 94 valence electrons. The van der Waals surface area contributed by atoms with Crippen molar-refractivity contribution in [1.82, 2.24) is 0 Å². The number of halogens is 2. The second-order valence-electron chi connectivity index (χ2n) is 5.83. The molecule has 0 rings (SSSR count). The smallest absolute Gasteiger partial charge is 0.311 e. The van der Waals surface area contributed by atoms with Gasteiger partial charge in [-0.2, -0.15) is 0 Å². The highest BCUT2D eigenvalue weighted by Crippen LogP contribution is 2.19. The van der Waals surface area contributed by atoms with Gasteiger partial charge in [-0.1, -0.05) is 0 Å². The van der Waals surface area contributed by atoms with E-state index in [2.05, 4.69) is 89.6 Å². The highest BCUT2D eigenvalue weighted by Gasteiger charge is 2.35. The Balaban J connectivity index is 0. The van der Waals surface area contributed by atoms with E-state index in [1.165, 1.54) is 0 Å². The molecule has 0 spiro atoms. The van der Waals surface area contributed by atoms with Crippen molar-refractivity contribution < 1.29 is 8.23 Å². The fourth-order valence-electron chi connectivity index (χ4n) is 1.50. The maximum Gasteiger partial charge on any atom is 0.311 e. The molecule has 0 radical (unpaired) electrons. The first-order valence-electron chi connectivity index (χ1n) is 4.96. The van der Waals surface area contributed by atoms with Crippen LogP contribution in [-0.4, -0.2) is 25.2 Å². The quantitative estimate of drug-likeness (QED) is 0.401. The lowest BCUT2D eigenvalue weighted by Gasteiger charge is -2.35. The van der Waals surface area contributed by atoms with E-state index in [4.69, 9.17) is 8.23 Å². The van der Waals surface area contributed by atoms with Crippen molar-refractivity contribution in [3.63, 3.8) is 0 Å². The molecule has 0 heterocycles. The molecule has 0 saturated heterocycles. The molecule has 0 N–H and O–H groups in total. The van der Waals surface area contributed by atoms with E-state index < -0.39 is 25.2 Å². The fraction of sp³-hybridized carbons (Fsp3) is 1.00. The van der Waals surface area contributed by atoms with Crippen LogP contribution >= 0.6 is 37.2 Å². The summed E-state index contributed by atoms with van der Waals surface area (Å²) in [7, 11) is -4.72. The molecule has 0 aromatic rings. The summed E-state index contributed by atoms with van der Waals surface area (Å²) in [6.45, 7) is 17.6. The summed E-state index contributed by atoms with van der Waals surface area (Å²) in [5.41, 5.74) is 0. The Morgan fingerprint density at radius 3 is 0.933 bits per heavy atom. The van der Waals surface area contributed by atoms with Gasteiger partial charge in [0.25, 0.3) is 0 Å². The normalized spacial score (nSPS) is 13.2. The fourth-order valence-corrected chi connectivity index (χ4v) is 13.8. The molecule has 0 saturated carbocycles. The summed E-state index contributed by atoms with van der Waals surface area (Å²) in [4.78, 5) is 0. The minimum Gasteiger partial charge on any atom is -0.437 e. The highest BCUT2D eigenvalue weighted by molar-refractivity contribution is 15.0. The van der Waals surface area contributed by atoms with Crippen LogP contribution in [0.25, 0.3) is 0 Å². The van der Waals surface area contributed by atoms with Crippen molar-refractivity contribution in [2.45, 2.75) is 52.4 Å². The summed E-state index contributed by atoms with van der Waals surface area (Å²) in [6.07, 6.45) is 0. The molecule has 15 heavy (non-hydrogen) atoms. The Hall–Kier alpha value is 2.03. The van der Waals surface area contributed by atoms with Gasteiger partial charge in [0, 0.05) is 37.2 Å². The van der Waals surface area contributed by atoms with Crippen LogP contribution in [0.3, 0.4) is 0 Å². The topological polar surface area (TPSA) is 18.5 Å². The van der Waals surface area contributed by atoms with Crippen LogP contribution < -0.4 is 0 Å². The lowest BCUT2D eigenvalue weighted by atomic mass is 11.8. The average molecular weight is 490 g/mol. The SMILES string of the molecule is C[Si](C)(C)O[Si](C)(C)O[Si](C)(C)C.II. The molecule has 0 fully saturated rings. The van der Waals surface area contributed by atoms with Crippen LogP contribution in [0.4, 0.5) is 0 Å². The first-order valence-corrected chi connectivity index (χ1v) is 20.9. The Morgan fingerprint density at radius 1 is 0.600 bits per heavy atom. The van der Waals surface area contributed by atoms with Crippen LogP contribution in [0, 0.1) is 0 Å². The molecule has 0 aliphatic heterocycles. The summed E-state index contributed by atoms with van der Waals surface area (Å²) >= 11 is 4.24. The number of rotatable bonds is 4. The van der Waals surface area contributed by atoms with Crippen molar-refractivity contribution in [3.05, 3.63) is 0 Å². The van der Waals surface area contributed by atoms with Gasteiger partial charge < -0.3 is 8.23 Å². The van der Waals surface area contributed by atoms with Gasteiger partial charge in [-0.3, -0.25) is 0 Å². The predicted octanol–water partition coefficient (Wildman–Crippen LogP) is 5.16. The minimum absolute atomic E-state index is 1.43. The molecule has 0 aliphatic rings. The van der Waals surface area contributed by atoms with Gasteiger partial charge in [0.1, 0.15) is 0 Å². The van der Waals surface area contributed by atoms with Crippen molar-refractivity contribution in [1.29, 1.82) is 0 Å². The maximum absolute atomic E-state index is 6.09. The van der Waals surface area contributed by atoms with Crippen molar-refractivity contribution in [3.8, 4) is 0 Å². The minimum atomic E-state index is -1.85. The lowest BCUT2D eigenvalue weighted by molar-refractivity contribution is 0.395. The third-order valence-electron chi connectivity index (χ3n) is 1.10. The molecule has 0 bridgehead atoms.